The van der Waals surface area contributed by atoms with E-state index in [9.17, 15) is 4.79 Å². The number of rotatable bonds is 10. The van der Waals surface area contributed by atoms with E-state index in [1.807, 2.05) is 17.4 Å². The Bertz CT molecular complexity index is 594. The highest BCUT2D eigenvalue weighted by Crippen LogP contribution is 2.18. The Labute approximate surface area is 142 Å². The molecule has 0 amide bonds. The van der Waals surface area contributed by atoms with Gasteiger partial charge in [0.15, 0.2) is 0 Å². The van der Waals surface area contributed by atoms with Gasteiger partial charge in [0.05, 0.1) is 0 Å². The predicted octanol–water partition coefficient (Wildman–Crippen LogP) is 4.36. The normalized spacial score (nSPS) is 11.0. The van der Waals surface area contributed by atoms with Gasteiger partial charge in [-0.15, -0.1) is 11.3 Å². The molecule has 23 heavy (non-hydrogen) atoms. The third-order valence-electron chi connectivity index (χ3n) is 3.85. The average Bonchev–Trinajstić information content (AvgIpc) is 2.94. The zero-order valence-corrected chi connectivity index (χ0v) is 14.5. The first-order valence-electron chi connectivity index (χ1n) is 8.17. The smallest absolute Gasteiger partial charge is 0.303 e. The molecule has 4 heteroatoms. The summed E-state index contributed by atoms with van der Waals surface area (Å²) in [7, 11) is 0. The van der Waals surface area contributed by atoms with E-state index < -0.39 is 5.97 Å². The van der Waals surface area contributed by atoms with Gasteiger partial charge >= 0.3 is 5.97 Å². The van der Waals surface area contributed by atoms with Crippen molar-refractivity contribution < 1.29 is 9.90 Å². The van der Waals surface area contributed by atoms with Crippen LogP contribution in [0.1, 0.15) is 34.6 Å². The van der Waals surface area contributed by atoms with Crippen molar-refractivity contribution in [1.29, 1.82) is 0 Å². The molecule has 0 bridgehead atoms. The van der Waals surface area contributed by atoms with E-state index in [4.69, 9.17) is 5.11 Å². The molecule has 0 atom stereocenters. The van der Waals surface area contributed by atoms with E-state index >= 15 is 0 Å². The molecule has 0 aliphatic carbocycles. The highest BCUT2D eigenvalue weighted by Gasteiger charge is 2.08. The molecule has 0 fully saturated rings. The van der Waals surface area contributed by atoms with Crippen molar-refractivity contribution in [2.24, 2.45) is 0 Å². The van der Waals surface area contributed by atoms with Crippen LogP contribution in [0.5, 0.6) is 0 Å². The average molecular weight is 331 g/mol. The number of aliphatic carboxylic acids is 1. The first kappa shape index (κ1) is 17.7. The van der Waals surface area contributed by atoms with E-state index in [0.717, 1.165) is 38.9 Å². The number of unbranched alkanes of at least 4 members (excludes halogenated alkanes) is 1. The number of hydrogen-bond donors (Lipinski definition) is 1. The Kier molecular flexibility index (Phi) is 7.30. The molecule has 124 valence electrons. The van der Waals surface area contributed by atoms with Crippen LogP contribution in [-0.2, 0) is 17.8 Å². The van der Waals surface area contributed by atoms with Crippen molar-refractivity contribution in [3.05, 3.63) is 57.8 Å². The molecule has 0 saturated heterocycles. The fraction of sp³-hybridized carbons (Fsp3) is 0.421. The van der Waals surface area contributed by atoms with Gasteiger partial charge in [0.25, 0.3) is 0 Å². The van der Waals surface area contributed by atoms with Crippen LogP contribution in [0, 0.1) is 6.92 Å². The third-order valence-corrected chi connectivity index (χ3v) is 4.84. The Morgan fingerprint density at radius 3 is 2.52 bits per heavy atom. The number of benzene rings is 1. The standard InChI is InChI=1S/C19H25NO2S/c1-16-10-11-18(23-16)15-20(13-6-5-9-19(21)22)14-12-17-7-3-2-4-8-17/h2-4,7-8,10-11H,5-6,9,12-15H2,1H3,(H,21,22). The SMILES string of the molecule is Cc1ccc(CN(CCCCC(=O)O)CCc2ccccc2)s1. The van der Waals surface area contributed by atoms with Crippen molar-refractivity contribution in [3.8, 4) is 0 Å². The third kappa shape index (κ3) is 6.97. The summed E-state index contributed by atoms with van der Waals surface area (Å²) in [6.45, 7) is 5.05. The molecule has 1 N–H and O–H groups in total. The molecule has 2 rings (SSSR count). The van der Waals surface area contributed by atoms with Gasteiger partial charge in [-0.05, 0) is 50.4 Å². The van der Waals surface area contributed by atoms with Crippen LogP contribution in [-0.4, -0.2) is 29.1 Å². The van der Waals surface area contributed by atoms with E-state index in [1.165, 1.54) is 15.3 Å². The summed E-state index contributed by atoms with van der Waals surface area (Å²) in [6, 6.07) is 14.9. The molecule has 0 unspecified atom stereocenters. The lowest BCUT2D eigenvalue weighted by molar-refractivity contribution is -0.137. The Morgan fingerprint density at radius 1 is 1.09 bits per heavy atom. The molecule has 2 aromatic rings. The summed E-state index contributed by atoms with van der Waals surface area (Å²) in [4.78, 5) is 15.8. The van der Waals surface area contributed by atoms with E-state index in [2.05, 4.69) is 48.2 Å². The summed E-state index contributed by atoms with van der Waals surface area (Å²) in [5.41, 5.74) is 1.35. The fourth-order valence-electron chi connectivity index (χ4n) is 2.60. The van der Waals surface area contributed by atoms with Gasteiger partial charge in [-0.2, -0.15) is 0 Å². The lowest BCUT2D eigenvalue weighted by Gasteiger charge is -2.21. The minimum Gasteiger partial charge on any atom is -0.481 e. The largest absolute Gasteiger partial charge is 0.481 e. The number of thiophene rings is 1. The molecular weight excluding hydrogens is 306 g/mol. The minimum atomic E-state index is -0.699. The zero-order chi connectivity index (χ0) is 16.5. The van der Waals surface area contributed by atoms with Gasteiger partial charge in [0.2, 0.25) is 0 Å². The fourth-order valence-corrected chi connectivity index (χ4v) is 3.54. The molecule has 1 heterocycles. The van der Waals surface area contributed by atoms with Crippen LogP contribution in [0.4, 0.5) is 0 Å². The maximum absolute atomic E-state index is 10.6. The van der Waals surface area contributed by atoms with Gasteiger partial charge in [-0.1, -0.05) is 30.3 Å². The topological polar surface area (TPSA) is 40.5 Å². The van der Waals surface area contributed by atoms with Crippen molar-refractivity contribution >= 4 is 17.3 Å². The molecule has 3 nitrogen and oxygen atoms in total. The van der Waals surface area contributed by atoms with Gasteiger partial charge in [0.1, 0.15) is 0 Å². The second-order valence-corrected chi connectivity index (χ2v) is 7.25. The molecule has 0 radical (unpaired) electrons. The monoisotopic (exact) mass is 331 g/mol. The van der Waals surface area contributed by atoms with Crippen molar-refractivity contribution in [2.45, 2.75) is 39.2 Å². The van der Waals surface area contributed by atoms with Crippen LogP contribution >= 0.6 is 11.3 Å². The number of hydrogen-bond acceptors (Lipinski definition) is 3. The van der Waals surface area contributed by atoms with E-state index in [0.29, 0.717) is 0 Å². The summed E-state index contributed by atoms with van der Waals surface area (Å²) in [6.07, 6.45) is 2.99. The first-order chi connectivity index (χ1) is 11.1. The number of carboxylic acid groups (broad SMARTS) is 1. The van der Waals surface area contributed by atoms with Gasteiger partial charge in [0, 0.05) is 29.3 Å². The predicted molar refractivity (Wildman–Crippen MR) is 96.0 cm³/mol. The Hall–Kier alpha value is -1.65. The first-order valence-corrected chi connectivity index (χ1v) is 8.98. The lowest BCUT2D eigenvalue weighted by atomic mass is 10.1. The van der Waals surface area contributed by atoms with Gasteiger partial charge in [-0.25, -0.2) is 0 Å². The van der Waals surface area contributed by atoms with E-state index in [-0.39, 0.29) is 6.42 Å². The maximum Gasteiger partial charge on any atom is 0.303 e. The van der Waals surface area contributed by atoms with Crippen molar-refractivity contribution in [3.63, 3.8) is 0 Å². The van der Waals surface area contributed by atoms with Crippen LogP contribution in [0.15, 0.2) is 42.5 Å². The maximum atomic E-state index is 10.6. The van der Waals surface area contributed by atoms with Crippen LogP contribution in [0.2, 0.25) is 0 Å². The quantitative estimate of drug-likeness (QED) is 0.658. The van der Waals surface area contributed by atoms with Crippen LogP contribution in [0.3, 0.4) is 0 Å². The molecule has 0 spiro atoms. The van der Waals surface area contributed by atoms with Crippen LogP contribution < -0.4 is 0 Å². The Balaban J connectivity index is 1.86. The molecule has 1 aromatic carbocycles. The summed E-state index contributed by atoms with van der Waals surface area (Å²) < 4.78 is 0. The van der Waals surface area contributed by atoms with Gasteiger partial charge in [-0.3, -0.25) is 9.69 Å². The lowest BCUT2D eigenvalue weighted by Crippen LogP contribution is -2.26. The summed E-state index contributed by atoms with van der Waals surface area (Å²) in [5, 5.41) is 8.76. The molecule has 1 aromatic heterocycles. The highest BCUT2D eigenvalue weighted by atomic mass is 32.1. The second-order valence-electron chi connectivity index (χ2n) is 5.87. The number of carbonyl (C=O) groups is 1. The summed E-state index contributed by atoms with van der Waals surface area (Å²) in [5.74, 6) is -0.699. The summed E-state index contributed by atoms with van der Waals surface area (Å²) >= 11 is 1.85. The molecule has 0 aliphatic heterocycles. The number of aryl methyl sites for hydroxylation is 1. The molecule has 0 aliphatic rings. The highest BCUT2D eigenvalue weighted by molar-refractivity contribution is 7.11. The molecular formula is C19H25NO2S. The van der Waals surface area contributed by atoms with Gasteiger partial charge < -0.3 is 5.11 Å². The Morgan fingerprint density at radius 2 is 1.87 bits per heavy atom. The van der Waals surface area contributed by atoms with Crippen molar-refractivity contribution in [1.82, 2.24) is 4.90 Å². The van der Waals surface area contributed by atoms with E-state index in [1.54, 1.807) is 0 Å². The molecule has 0 saturated carbocycles. The number of nitrogens with zero attached hydrogens (tertiary/aromatic N) is 1. The van der Waals surface area contributed by atoms with Crippen molar-refractivity contribution in [2.75, 3.05) is 13.1 Å². The number of carboxylic acids is 1. The zero-order valence-electron chi connectivity index (χ0n) is 13.7. The minimum absolute atomic E-state index is 0.268. The second kappa shape index (κ2) is 9.48. The van der Waals surface area contributed by atoms with Crippen LogP contribution in [0.25, 0.3) is 0 Å².